The molecule has 1 spiro atoms. The zero-order chi connectivity index (χ0) is 21.8. The van der Waals surface area contributed by atoms with Gasteiger partial charge < -0.3 is 9.80 Å². The molecule has 0 radical (unpaired) electrons. The summed E-state index contributed by atoms with van der Waals surface area (Å²) in [5.41, 5.74) is 1.69. The Labute approximate surface area is 185 Å². The van der Waals surface area contributed by atoms with Gasteiger partial charge in [0.2, 0.25) is 5.91 Å². The van der Waals surface area contributed by atoms with Crippen LogP contribution in [0.1, 0.15) is 61.9 Å². The van der Waals surface area contributed by atoms with Crippen molar-refractivity contribution in [2.24, 2.45) is 11.3 Å². The van der Waals surface area contributed by atoms with Gasteiger partial charge in [0.25, 0.3) is 5.91 Å². The van der Waals surface area contributed by atoms with Crippen LogP contribution in [0.15, 0.2) is 42.7 Å². The van der Waals surface area contributed by atoms with Gasteiger partial charge in [-0.3, -0.25) is 14.3 Å². The van der Waals surface area contributed by atoms with Crippen LogP contribution in [-0.2, 0) is 17.9 Å². The zero-order valence-corrected chi connectivity index (χ0v) is 18.8. The molecule has 0 unspecified atom stereocenters. The van der Waals surface area contributed by atoms with Crippen molar-refractivity contribution in [3.05, 3.63) is 53.9 Å². The average Bonchev–Trinajstić information content (AvgIpc) is 3.42. The molecule has 4 rings (SSSR count). The molecule has 31 heavy (non-hydrogen) atoms. The Hall–Kier alpha value is -2.63. The largest absolute Gasteiger partial charge is 0.338 e. The second kappa shape index (κ2) is 9.25. The summed E-state index contributed by atoms with van der Waals surface area (Å²) >= 11 is 0. The van der Waals surface area contributed by atoms with E-state index in [-0.39, 0.29) is 23.1 Å². The van der Waals surface area contributed by atoms with Crippen LogP contribution in [0.2, 0.25) is 0 Å². The maximum absolute atomic E-state index is 13.8. The lowest BCUT2D eigenvalue weighted by molar-refractivity contribution is -0.139. The first kappa shape index (κ1) is 21.6. The van der Waals surface area contributed by atoms with Gasteiger partial charge in [-0.2, -0.15) is 5.10 Å². The smallest absolute Gasteiger partial charge is 0.253 e. The van der Waals surface area contributed by atoms with Crippen LogP contribution in [0.4, 0.5) is 0 Å². The van der Waals surface area contributed by atoms with Crippen molar-refractivity contribution in [1.29, 1.82) is 0 Å². The van der Waals surface area contributed by atoms with Gasteiger partial charge in [0.15, 0.2) is 0 Å². The van der Waals surface area contributed by atoms with Crippen LogP contribution in [0.3, 0.4) is 0 Å². The Morgan fingerprint density at radius 2 is 1.87 bits per heavy atom. The number of amides is 2. The van der Waals surface area contributed by atoms with E-state index >= 15 is 0 Å². The highest BCUT2D eigenvalue weighted by atomic mass is 16.2. The number of aromatic nitrogens is 2. The Morgan fingerprint density at radius 1 is 1.13 bits per heavy atom. The van der Waals surface area contributed by atoms with E-state index in [9.17, 15) is 9.59 Å². The molecule has 2 fully saturated rings. The van der Waals surface area contributed by atoms with Crippen molar-refractivity contribution in [2.75, 3.05) is 19.6 Å². The van der Waals surface area contributed by atoms with E-state index in [4.69, 9.17) is 0 Å². The van der Waals surface area contributed by atoms with Crippen LogP contribution >= 0.6 is 0 Å². The molecule has 2 heterocycles. The van der Waals surface area contributed by atoms with Crippen molar-refractivity contribution in [3.63, 3.8) is 0 Å². The van der Waals surface area contributed by atoms with E-state index in [1.54, 1.807) is 0 Å². The average molecular weight is 423 g/mol. The van der Waals surface area contributed by atoms with Gasteiger partial charge >= 0.3 is 0 Å². The van der Waals surface area contributed by atoms with Gasteiger partial charge in [0.05, 0.1) is 12.1 Å². The van der Waals surface area contributed by atoms with Gasteiger partial charge in [-0.1, -0.05) is 37.5 Å². The summed E-state index contributed by atoms with van der Waals surface area (Å²) in [4.78, 5) is 30.9. The SMILES string of the molecule is CCN(Cc1cnn(CC)c1)C(=O)[C@H]1CN(C(=O)c2ccccc2)CC12CCCCC2. The lowest BCUT2D eigenvalue weighted by Gasteiger charge is -2.39. The quantitative estimate of drug-likeness (QED) is 0.708. The summed E-state index contributed by atoms with van der Waals surface area (Å²) in [5.74, 6) is 0.117. The second-order valence-electron chi connectivity index (χ2n) is 9.08. The molecule has 0 bridgehead atoms. The summed E-state index contributed by atoms with van der Waals surface area (Å²) in [5, 5.41) is 4.36. The number of carbonyl (C=O) groups is 2. The second-order valence-corrected chi connectivity index (χ2v) is 9.08. The van der Waals surface area contributed by atoms with Crippen molar-refractivity contribution < 1.29 is 9.59 Å². The van der Waals surface area contributed by atoms with Gasteiger partial charge in [-0.25, -0.2) is 0 Å². The summed E-state index contributed by atoms with van der Waals surface area (Å²) in [6, 6.07) is 9.47. The highest BCUT2D eigenvalue weighted by molar-refractivity contribution is 5.95. The molecule has 1 atom stereocenters. The number of hydrogen-bond donors (Lipinski definition) is 0. The maximum atomic E-state index is 13.8. The van der Waals surface area contributed by atoms with E-state index < -0.39 is 0 Å². The van der Waals surface area contributed by atoms with Crippen LogP contribution < -0.4 is 0 Å². The minimum atomic E-state index is -0.123. The number of benzene rings is 1. The molecule has 2 aliphatic rings. The number of carbonyl (C=O) groups excluding carboxylic acids is 2. The molecular weight excluding hydrogens is 388 g/mol. The minimum absolute atomic E-state index is 0.0492. The summed E-state index contributed by atoms with van der Waals surface area (Å²) in [6.07, 6.45) is 9.46. The number of hydrogen-bond acceptors (Lipinski definition) is 3. The number of likely N-dealkylation sites (tertiary alicyclic amines) is 1. The lowest BCUT2D eigenvalue weighted by atomic mass is 9.67. The van der Waals surface area contributed by atoms with Crippen molar-refractivity contribution in [2.45, 2.75) is 59.0 Å². The highest BCUT2D eigenvalue weighted by Crippen LogP contribution is 2.48. The van der Waals surface area contributed by atoms with Crippen LogP contribution in [-0.4, -0.2) is 51.0 Å². The molecule has 6 heteroatoms. The molecule has 1 aliphatic carbocycles. The fourth-order valence-electron chi connectivity index (χ4n) is 5.44. The van der Waals surface area contributed by atoms with Gasteiger partial charge in [0, 0.05) is 55.5 Å². The molecule has 0 N–H and O–H groups in total. The molecule has 1 saturated carbocycles. The third-order valence-electron chi connectivity index (χ3n) is 7.18. The Morgan fingerprint density at radius 3 is 2.52 bits per heavy atom. The van der Waals surface area contributed by atoms with E-state index in [1.165, 1.54) is 6.42 Å². The van der Waals surface area contributed by atoms with E-state index in [0.717, 1.165) is 37.8 Å². The van der Waals surface area contributed by atoms with E-state index in [0.29, 0.717) is 31.7 Å². The summed E-state index contributed by atoms with van der Waals surface area (Å²) in [6.45, 7) is 7.38. The lowest BCUT2D eigenvalue weighted by Crippen LogP contribution is -2.44. The molecule has 166 valence electrons. The molecule has 2 amide bonds. The summed E-state index contributed by atoms with van der Waals surface area (Å²) < 4.78 is 1.89. The van der Waals surface area contributed by atoms with E-state index in [1.807, 2.05) is 64.1 Å². The number of nitrogens with zero attached hydrogens (tertiary/aromatic N) is 4. The molecule has 1 aliphatic heterocycles. The Balaban J connectivity index is 1.55. The first-order valence-corrected chi connectivity index (χ1v) is 11.7. The number of aryl methyl sites for hydroxylation is 1. The monoisotopic (exact) mass is 422 g/mol. The zero-order valence-electron chi connectivity index (χ0n) is 18.8. The molecule has 2 aromatic rings. The standard InChI is InChI=1S/C25H34N4O2/c1-3-27(16-20-15-26-29(4-2)17-20)24(31)22-18-28(19-25(22)13-9-6-10-14-25)23(30)21-11-7-5-8-12-21/h5,7-8,11-12,15,17,22H,3-4,6,9-10,13-14,16,18-19H2,1-2H3/t22-/m1/s1. The van der Waals surface area contributed by atoms with Gasteiger partial charge in [0.1, 0.15) is 0 Å². The summed E-state index contributed by atoms with van der Waals surface area (Å²) in [7, 11) is 0. The van der Waals surface area contributed by atoms with E-state index in [2.05, 4.69) is 12.0 Å². The van der Waals surface area contributed by atoms with Crippen molar-refractivity contribution in [1.82, 2.24) is 19.6 Å². The van der Waals surface area contributed by atoms with Crippen molar-refractivity contribution >= 4 is 11.8 Å². The number of rotatable bonds is 6. The van der Waals surface area contributed by atoms with Crippen LogP contribution in [0.25, 0.3) is 0 Å². The van der Waals surface area contributed by atoms with Crippen molar-refractivity contribution in [3.8, 4) is 0 Å². The molecule has 6 nitrogen and oxygen atoms in total. The molecule has 1 aromatic carbocycles. The minimum Gasteiger partial charge on any atom is -0.338 e. The van der Waals surface area contributed by atoms with Crippen LogP contribution in [0.5, 0.6) is 0 Å². The first-order valence-electron chi connectivity index (χ1n) is 11.7. The normalized spacial score (nSPS) is 20.2. The van der Waals surface area contributed by atoms with Gasteiger partial charge in [-0.05, 0) is 38.8 Å². The Kier molecular flexibility index (Phi) is 6.44. The van der Waals surface area contributed by atoms with Crippen LogP contribution in [0, 0.1) is 11.3 Å². The molecule has 1 aromatic heterocycles. The fourth-order valence-corrected chi connectivity index (χ4v) is 5.44. The third kappa shape index (κ3) is 4.39. The maximum Gasteiger partial charge on any atom is 0.253 e. The topological polar surface area (TPSA) is 58.4 Å². The predicted octanol–water partition coefficient (Wildman–Crippen LogP) is 3.97. The fraction of sp³-hybridized carbons (Fsp3) is 0.560. The highest BCUT2D eigenvalue weighted by Gasteiger charge is 2.52. The third-order valence-corrected chi connectivity index (χ3v) is 7.18. The first-order chi connectivity index (χ1) is 15.1. The molecule has 1 saturated heterocycles. The Bertz CT molecular complexity index is 901. The van der Waals surface area contributed by atoms with Gasteiger partial charge in [-0.15, -0.1) is 0 Å². The predicted molar refractivity (Wildman–Crippen MR) is 120 cm³/mol. The molecular formula is C25H34N4O2.